The lowest BCUT2D eigenvalue weighted by atomic mass is 9.63. The maximum absolute atomic E-state index is 13.8. The number of carbonyl (C=O) groups is 3. The van der Waals surface area contributed by atoms with Crippen LogP contribution in [-0.2, 0) is 14.4 Å². The molecular formula is C32H34BrFN2O4. The minimum Gasteiger partial charge on any atom is -0.483 e. The Morgan fingerprint density at radius 2 is 1.50 bits per heavy atom. The van der Waals surface area contributed by atoms with E-state index in [-0.39, 0.29) is 29.0 Å². The van der Waals surface area contributed by atoms with Gasteiger partial charge in [0, 0.05) is 64.1 Å². The Morgan fingerprint density at radius 3 is 2.05 bits per heavy atom. The number of rotatable bonds is 5. The molecule has 1 aliphatic heterocycles. The highest BCUT2D eigenvalue weighted by Gasteiger charge is 2.48. The third-order valence-corrected chi connectivity index (χ3v) is 8.44. The molecule has 3 aliphatic rings. The van der Waals surface area contributed by atoms with Gasteiger partial charge in [0.05, 0.1) is 0 Å². The summed E-state index contributed by atoms with van der Waals surface area (Å²) in [5.41, 5.74) is 3.94. The second-order valence-corrected chi connectivity index (χ2v) is 13.5. The van der Waals surface area contributed by atoms with Crippen LogP contribution in [0.3, 0.4) is 0 Å². The van der Waals surface area contributed by atoms with E-state index in [1.165, 1.54) is 24.3 Å². The maximum atomic E-state index is 13.8. The molecule has 1 amide bonds. The van der Waals surface area contributed by atoms with E-state index in [4.69, 9.17) is 4.74 Å². The van der Waals surface area contributed by atoms with Crippen LogP contribution in [0, 0.1) is 16.6 Å². The number of hydrogen-bond acceptors (Lipinski definition) is 5. The van der Waals surface area contributed by atoms with Gasteiger partial charge >= 0.3 is 0 Å². The smallest absolute Gasteiger partial charge is 0.262 e. The summed E-state index contributed by atoms with van der Waals surface area (Å²) in [7, 11) is 1.97. The fraction of sp³-hybridized carbons (Fsp3) is 0.406. The van der Waals surface area contributed by atoms with E-state index in [2.05, 4.69) is 53.8 Å². The van der Waals surface area contributed by atoms with E-state index in [1.807, 2.05) is 19.2 Å². The first kappa shape index (κ1) is 28.3. The van der Waals surface area contributed by atoms with Crippen molar-refractivity contribution in [3.05, 3.63) is 80.9 Å². The Bertz CT molecular complexity index is 1420. The van der Waals surface area contributed by atoms with Crippen molar-refractivity contribution >= 4 is 39.1 Å². The van der Waals surface area contributed by atoms with Crippen LogP contribution in [0.4, 0.5) is 10.1 Å². The van der Waals surface area contributed by atoms with E-state index in [1.54, 1.807) is 6.07 Å². The summed E-state index contributed by atoms with van der Waals surface area (Å²) in [6, 6.07) is 11.0. The SMILES string of the molecule is CN1C2=C(C(=O)CC(C)(C)C2)C(c2cc(Br)ccc2OCC(=O)Nc2ccc(F)cc2)C2=C1CC(C)(C)CC2=O. The molecule has 6 nitrogen and oxygen atoms in total. The Balaban J connectivity index is 1.56. The molecule has 1 heterocycles. The predicted molar refractivity (Wildman–Crippen MR) is 155 cm³/mol. The lowest BCUT2D eigenvalue weighted by Crippen LogP contribution is -2.43. The van der Waals surface area contributed by atoms with Gasteiger partial charge in [0.1, 0.15) is 11.6 Å². The number of ether oxygens (including phenoxy) is 1. The molecule has 2 aliphatic carbocycles. The van der Waals surface area contributed by atoms with Gasteiger partial charge in [0.25, 0.3) is 5.91 Å². The molecular weight excluding hydrogens is 575 g/mol. The van der Waals surface area contributed by atoms with Crippen molar-refractivity contribution < 1.29 is 23.5 Å². The van der Waals surface area contributed by atoms with Gasteiger partial charge < -0.3 is 15.0 Å². The van der Waals surface area contributed by atoms with Gasteiger partial charge in [-0.3, -0.25) is 14.4 Å². The quantitative estimate of drug-likeness (QED) is 0.399. The van der Waals surface area contributed by atoms with Gasteiger partial charge in [-0.2, -0.15) is 0 Å². The van der Waals surface area contributed by atoms with E-state index >= 15 is 0 Å². The van der Waals surface area contributed by atoms with E-state index in [0.29, 0.717) is 41.0 Å². The number of Topliss-reactive ketones (excluding diaryl/α,β-unsaturated/α-hetero) is 2. The van der Waals surface area contributed by atoms with Crippen LogP contribution in [0.5, 0.6) is 5.75 Å². The fourth-order valence-corrected chi connectivity index (χ4v) is 6.60. The van der Waals surface area contributed by atoms with Crippen LogP contribution < -0.4 is 10.1 Å². The molecule has 0 unspecified atom stereocenters. The highest BCUT2D eigenvalue weighted by atomic mass is 79.9. The molecule has 8 heteroatoms. The number of ketones is 2. The van der Waals surface area contributed by atoms with Gasteiger partial charge in [-0.15, -0.1) is 0 Å². The summed E-state index contributed by atoms with van der Waals surface area (Å²) in [6.45, 7) is 8.11. The minimum absolute atomic E-state index is 0.0345. The molecule has 210 valence electrons. The van der Waals surface area contributed by atoms with Gasteiger partial charge in [0.15, 0.2) is 18.2 Å². The van der Waals surface area contributed by atoms with E-state index in [0.717, 1.165) is 28.7 Å². The Labute approximate surface area is 242 Å². The summed E-state index contributed by atoms with van der Waals surface area (Å²) in [5, 5.41) is 2.70. The highest BCUT2D eigenvalue weighted by molar-refractivity contribution is 9.10. The molecule has 0 saturated heterocycles. The molecule has 2 aromatic rings. The van der Waals surface area contributed by atoms with E-state index < -0.39 is 17.6 Å². The second kappa shape index (κ2) is 10.3. The summed E-state index contributed by atoms with van der Waals surface area (Å²) >= 11 is 3.57. The number of nitrogens with one attached hydrogen (secondary N) is 1. The molecule has 0 radical (unpaired) electrons. The first-order valence-corrected chi connectivity index (χ1v) is 14.3. The van der Waals surface area contributed by atoms with Crippen molar-refractivity contribution in [2.24, 2.45) is 10.8 Å². The van der Waals surface area contributed by atoms with Gasteiger partial charge in [-0.25, -0.2) is 4.39 Å². The summed E-state index contributed by atoms with van der Waals surface area (Å²) < 4.78 is 20.1. The molecule has 2 aromatic carbocycles. The number of benzene rings is 2. The minimum atomic E-state index is -0.582. The van der Waals surface area contributed by atoms with Crippen LogP contribution in [0.15, 0.2) is 69.5 Å². The molecule has 1 N–H and O–H groups in total. The topological polar surface area (TPSA) is 75.7 Å². The molecule has 0 fully saturated rings. The summed E-state index contributed by atoms with van der Waals surface area (Å²) in [5.74, 6) is -0.883. The molecule has 0 saturated carbocycles. The van der Waals surface area contributed by atoms with Crippen LogP contribution in [0.1, 0.15) is 64.9 Å². The second-order valence-electron chi connectivity index (χ2n) is 12.6. The molecule has 0 spiro atoms. The van der Waals surface area contributed by atoms with Crippen LogP contribution >= 0.6 is 15.9 Å². The van der Waals surface area contributed by atoms with Crippen molar-refractivity contribution in [3.63, 3.8) is 0 Å². The van der Waals surface area contributed by atoms with Crippen LogP contribution in [0.25, 0.3) is 0 Å². The fourth-order valence-electron chi connectivity index (χ4n) is 6.23. The highest BCUT2D eigenvalue weighted by Crippen LogP contribution is 2.55. The molecule has 0 aromatic heterocycles. The lowest BCUT2D eigenvalue weighted by molar-refractivity contribution is -0.120. The standard InChI is InChI=1S/C32H34BrFN2O4/c1-31(2)13-22-29(24(37)15-31)28(30-23(36(22)5)14-32(3,4)16-25(30)38)21-12-18(33)6-11-26(21)40-17-27(39)35-20-9-7-19(34)8-10-20/h6-12,28H,13-17H2,1-5H3,(H,35,39). The number of hydrogen-bond donors (Lipinski definition) is 1. The first-order valence-electron chi connectivity index (χ1n) is 13.5. The zero-order valence-corrected chi connectivity index (χ0v) is 25.1. The number of anilines is 1. The molecule has 0 atom stereocenters. The monoisotopic (exact) mass is 608 g/mol. The first-order chi connectivity index (χ1) is 18.7. The number of carbonyl (C=O) groups excluding carboxylic acids is 3. The zero-order valence-electron chi connectivity index (χ0n) is 23.5. The largest absolute Gasteiger partial charge is 0.483 e. The molecule has 40 heavy (non-hydrogen) atoms. The van der Waals surface area contributed by atoms with Gasteiger partial charge in [-0.05, 0) is 66.1 Å². The van der Waals surface area contributed by atoms with Crippen molar-refractivity contribution in [2.45, 2.75) is 59.3 Å². The third kappa shape index (κ3) is 5.51. The lowest BCUT2D eigenvalue weighted by Gasteiger charge is -2.48. The maximum Gasteiger partial charge on any atom is 0.262 e. The van der Waals surface area contributed by atoms with Crippen LogP contribution in [0.2, 0.25) is 0 Å². The van der Waals surface area contributed by atoms with Crippen molar-refractivity contribution in [3.8, 4) is 5.75 Å². The zero-order chi connectivity index (χ0) is 29.0. The Kier molecular flexibility index (Phi) is 7.27. The molecule has 0 bridgehead atoms. The average molecular weight is 610 g/mol. The normalized spacial score (nSPS) is 20.3. The van der Waals surface area contributed by atoms with E-state index in [9.17, 15) is 18.8 Å². The summed E-state index contributed by atoms with van der Waals surface area (Å²) in [4.78, 5) is 42.4. The predicted octanol–water partition coefficient (Wildman–Crippen LogP) is 6.92. The van der Waals surface area contributed by atoms with Gasteiger partial charge in [0.2, 0.25) is 0 Å². The number of halogens is 2. The average Bonchev–Trinajstić information content (AvgIpc) is 2.85. The molecule has 5 rings (SSSR count). The summed E-state index contributed by atoms with van der Waals surface area (Å²) in [6.07, 6.45) is 2.22. The number of amides is 1. The van der Waals surface area contributed by atoms with Crippen molar-refractivity contribution in [1.82, 2.24) is 4.90 Å². The van der Waals surface area contributed by atoms with Crippen molar-refractivity contribution in [2.75, 3.05) is 19.0 Å². The Morgan fingerprint density at radius 1 is 0.950 bits per heavy atom. The number of allylic oxidation sites excluding steroid dienone is 4. The Hall–Kier alpha value is -3.26. The number of nitrogens with zero attached hydrogens (tertiary/aromatic N) is 1. The third-order valence-electron chi connectivity index (χ3n) is 7.95. The van der Waals surface area contributed by atoms with Gasteiger partial charge in [-0.1, -0.05) is 43.6 Å². The van der Waals surface area contributed by atoms with Crippen molar-refractivity contribution in [1.29, 1.82) is 0 Å². The van der Waals surface area contributed by atoms with Crippen LogP contribution in [-0.4, -0.2) is 36.0 Å².